The van der Waals surface area contributed by atoms with Crippen molar-refractivity contribution in [3.63, 3.8) is 0 Å². The minimum atomic E-state index is -0.133. The van der Waals surface area contributed by atoms with Crippen molar-refractivity contribution in [2.24, 2.45) is 5.92 Å². The maximum absolute atomic E-state index is 6.06. The Morgan fingerprint density at radius 1 is 1.30 bits per heavy atom. The molecule has 5 nitrogen and oxygen atoms in total. The van der Waals surface area contributed by atoms with Gasteiger partial charge in [0.1, 0.15) is 17.4 Å². The lowest BCUT2D eigenvalue weighted by molar-refractivity contribution is 0.221. The van der Waals surface area contributed by atoms with Crippen LogP contribution in [0.3, 0.4) is 0 Å². The smallest absolute Gasteiger partial charge is 0.138 e. The number of hydrogen-bond acceptors (Lipinski definition) is 4. The highest BCUT2D eigenvalue weighted by Crippen LogP contribution is 2.36. The summed E-state index contributed by atoms with van der Waals surface area (Å²) in [5, 5.41) is 8.59. The zero-order valence-electron chi connectivity index (χ0n) is 12.8. The molecule has 118 valence electrons. The van der Waals surface area contributed by atoms with Crippen molar-refractivity contribution < 1.29 is 4.74 Å². The van der Waals surface area contributed by atoms with Crippen LogP contribution in [-0.2, 0) is 6.54 Å². The van der Waals surface area contributed by atoms with E-state index in [4.69, 9.17) is 4.74 Å². The van der Waals surface area contributed by atoms with Gasteiger partial charge >= 0.3 is 0 Å². The molecule has 1 aromatic carbocycles. The van der Waals surface area contributed by atoms with Gasteiger partial charge in [-0.25, -0.2) is 4.68 Å². The highest BCUT2D eigenvalue weighted by atomic mass is 79.9. The molecule has 4 rings (SSSR count). The summed E-state index contributed by atoms with van der Waals surface area (Å²) in [5.74, 6) is 1.52. The van der Waals surface area contributed by atoms with E-state index < -0.39 is 0 Å². The van der Waals surface area contributed by atoms with E-state index in [9.17, 15) is 0 Å². The minimum Gasteiger partial charge on any atom is -0.483 e. The fraction of sp³-hybridized carbons (Fsp3) is 0.353. The molecule has 1 aliphatic rings. The third kappa shape index (κ3) is 2.95. The summed E-state index contributed by atoms with van der Waals surface area (Å²) in [6, 6.07) is 9.82. The Bertz CT molecular complexity index is 829. The molecule has 2 heterocycles. The summed E-state index contributed by atoms with van der Waals surface area (Å²) < 4.78 is 8.89. The summed E-state index contributed by atoms with van der Waals surface area (Å²) >= 11 is 3.62. The van der Waals surface area contributed by atoms with E-state index in [1.807, 2.05) is 41.9 Å². The van der Waals surface area contributed by atoms with Crippen LogP contribution in [0.1, 0.15) is 31.6 Å². The molecule has 0 N–H and O–H groups in total. The summed E-state index contributed by atoms with van der Waals surface area (Å²) in [4.78, 5) is 4.34. The van der Waals surface area contributed by atoms with Crippen LogP contribution in [0.2, 0.25) is 0 Å². The normalized spacial score (nSPS) is 15.7. The Morgan fingerprint density at radius 2 is 2.17 bits per heavy atom. The molecule has 0 radical (unpaired) electrons. The molecule has 3 aromatic rings. The molecule has 0 saturated heterocycles. The summed E-state index contributed by atoms with van der Waals surface area (Å²) in [5.41, 5.74) is 2.79. The molecule has 2 aromatic heterocycles. The van der Waals surface area contributed by atoms with Crippen LogP contribution in [-0.4, -0.2) is 20.0 Å². The van der Waals surface area contributed by atoms with Gasteiger partial charge in [-0.3, -0.25) is 4.98 Å². The molecule has 1 fully saturated rings. The van der Waals surface area contributed by atoms with Crippen LogP contribution in [0, 0.1) is 5.92 Å². The second-order valence-corrected chi connectivity index (χ2v) is 6.77. The van der Waals surface area contributed by atoms with E-state index in [1.165, 1.54) is 12.8 Å². The van der Waals surface area contributed by atoms with E-state index in [2.05, 4.69) is 31.2 Å². The molecule has 0 aliphatic heterocycles. The Hall–Kier alpha value is -1.95. The topological polar surface area (TPSA) is 52.8 Å². The summed E-state index contributed by atoms with van der Waals surface area (Å²) in [6.45, 7) is 2.94. The molecule has 1 atom stereocenters. The first-order chi connectivity index (χ1) is 11.2. The number of halogens is 1. The molecule has 0 amide bonds. The number of pyridine rings is 1. The van der Waals surface area contributed by atoms with Crippen molar-refractivity contribution in [3.8, 4) is 5.75 Å². The third-order valence-corrected chi connectivity index (χ3v) is 4.89. The fourth-order valence-corrected chi connectivity index (χ4v) is 3.13. The minimum absolute atomic E-state index is 0.133. The second-order valence-electron chi connectivity index (χ2n) is 5.98. The van der Waals surface area contributed by atoms with Crippen LogP contribution >= 0.6 is 15.9 Å². The lowest BCUT2D eigenvalue weighted by Crippen LogP contribution is -2.05. The van der Waals surface area contributed by atoms with Crippen molar-refractivity contribution in [1.82, 2.24) is 20.0 Å². The quantitative estimate of drug-likeness (QED) is 0.675. The van der Waals surface area contributed by atoms with E-state index in [1.54, 1.807) is 6.20 Å². The van der Waals surface area contributed by atoms with Crippen LogP contribution in [0.4, 0.5) is 0 Å². The van der Waals surface area contributed by atoms with Gasteiger partial charge in [-0.1, -0.05) is 11.3 Å². The van der Waals surface area contributed by atoms with Gasteiger partial charge in [0.2, 0.25) is 0 Å². The first kappa shape index (κ1) is 14.6. The average molecular weight is 373 g/mol. The summed E-state index contributed by atoms with van der Waals surface area (Å²) in [6.07, 6.45) is 4.24. The first-order valence-electron chi connectivity index (χ1n) is 7.81. The van der Waals surface area contributed by atoms with Gasteiger partial charge in [0.05, 0.1) is 15.7 Å². The largest absolute Gasteiger partial charge is 0.483 e. The van der Waals surface area contributed by atoms with E-state index in [0.29, 0.717) is 0 Å². The first-order valence-corrected chi connectivity index (χ1v) is 8.61. The van der Waals surface area contributed by atoms with Crippen molar-refractivity contribution in [3.05, 3.63) is 46.7 Å². The average Bonchev–Trinajstić information content (AvgIpc) is 3.30. The number of ether oxygens (including phenoxy) is 1. The Balaban J connectivity index is 1.61. The van der Waals surface area contributed by atoms with Crippen molar-refractivity contribution in [1.29, 1.82) is 0 Å². The predicted octanol–water partition coefficient (Wildman–Crippen LogP) is 4.14. The number of aromatic nitrogens is 4. The van der Waals surface area contributed by atoms with Crippen LogP contribution in [0.15, 0.2) is 41.0 Å². The van der Waals surface area contributed by atoms with Crippen molar-refractivity contribution >= 4 is 27.0 Å². The maximum Gasteiger partial charge on any atom is 0.138 e. The molecular formula is C17H17BrN4O. The SMILES string of the molecule is CC(Oc1ccc2c(nnn2CC2CC2)c1Br)c1ccccn1. The van der Waals surface area contributed by atoms with Gasteiger partial charge in [-0.05, 0) is 65.9 Å². The maximum atomic E-state index is 6.06. The zero-order valence-corrected chi connectivity index (χ0v) is 14.4. The molecule has 1 saturated carbocycles. The van der Waals surface area contributed by atoms with E-state index in [-0.39, 0.29) is 6.10 Å². The zero-order chi connectivity index (χ0) is 15.8. The van der Waals surface area contributed by atoms with Crippen LogP contribution in [0.5, 0.6) is 5.75 Å². The van der Waals surface area contributed by atoms with Gasteiger partial charge in [-0.15, -0.1) is 5.10 Å². The molecule has 1 unspecified atom stereocenters. The fourth-order valence-electron chi connectivity index (χ4n) is 2.62. The van der Waals surface area contributed by atoms with Crippen molar-refractivity contribution in [2.75, 3.05) is 0 Å². The molecule has 1 aliphatic carbocycles. The number of rotatable bonds is 5. The number of fused-ring (bicyclic) bond motifs is 1. The Morgan fingerprint density at radius 3 is 2.91 bits per heavy atom. The second kappa shape index (κ2) is 5.92. The van der Waals surface area contributed by atoms with Gasteiger partial charge in [0.25, 0.3) is 0 Å². The number of hydrogen-bond donors (Lipinski definition) is 0. The highest BCUT2D eigenvalue weighted by Gasteiger charge is 2.24. The summed E-state index contributed by atoms with van der Waals surface area (Å²) in [7, 11) is 0. The van der Waals surface area contributed by atoms with E-state index in [0.717, 1.165) is 39.4 Å². The third-order valence-electron chi connectivity index (χ3n) is 4.13. The Labute approximate surface area is 142 Å². The molecule has 0 spiro atoms. The highest BCUT2D eigenvalue weighted by molar-refractivity contribution is 9.10. The monoisotopic (exact) mass is 372 g/mol. The van der Waals surface area contributed by atoms with Gasteiger partial charge in [-0.2, -0.15) is 0 Å². The van der Waals surface area contributed by atoms with Gasteiger partial charge < -0.3 is 4.74 Å². The predicted molar refractivity (Wildman–Crippen MR) is 91.2 cm³/mol. The van der Waals surface area contributed by atoms with E-state index >= 15 is 0 Å². The van der Waals surface area contributed by atoms with Crippen molar-refractivity contribution in [2.45, 2.75) is 32.4 Å². The lowest BCUT2D eigenvalue weighted by atomic mass is 10.2. The molecular weight excluding hydrogens is 356 g/mol. The Kier molecular flexibility index (Phi) is 3.77. The van der Waals surface area contributed by atoms with Gasteiger partial charge in [0, 0.05) is 12.7 Å². The number of nitrogens with zero attached hydrogens (tertiary/aromatic N) is 4. The molecule has 23 heavy (non-hydrogen) atoms. The standard InChI is InChI=1S/C17H17BrN4O/c1-11(13-4-2-3-9-19-13)23-15-8-7-14-17(16(15)18)20-21-22(14)10-12-5-6-12/h2-4,7-9,11-12H,5-6,10H2,1H3. The number of benzene rings is 1. The van der Waals surface area contributed by atoms with Crippen LogP contribution in [0.25, 0.3) is 11.0 Å². The van der Waals surface area contributed by atoms with Gasteiger partial charge in [0.15, 0.2) is 0 Å². The molecule has 0 bridgehead atoms. The van der Waals surface area contributed by atoms with Crippen LogP contribution < -0.4 is 4.74 Å². The molecule has 6 heteroatoms. The lowest BCUT2D eigenvalue weighted by Gasteiger charge is -2.15.